The molecular formula is C13H16FNO3. The van der Waals surface area contributed by atoms with Crippen LogP contribution in [-0.2, 0) is 9.59 Å². The molecule has 1 rings (SSSR count). The van der Waals surface area contributed by atoms with Crippen molar-refractivity contribution in [3.8, 4) is 0 Å². The van der Waals surface area contributed by atoms with E-state index >= 15 is 0 Å². The molecule has 1 aromatic rings. The first-order chi connectivity index (χ1) is 8.41. The van der Waals surface area contributed by atoms with E-state index in [4.69, 9.17) is 5.11 Å². The fourth-order valence-electron chi connectivity index (χ4n) is 1.65. The Bertz CT molecular complexity index is 446. The average Bonchev–Trinajstić information content (AvgIpc) is 2.25. The van der Waals surface area contributed by atoms with Gasteiger partial charge in [0.15, 0.2) is 0 Å². The predicted molar refractivity (Wildman–Crippen MR) is 64.7 cm³/mol. The highest BCUT2D eigenvalue weighted by atomic mass is 19.1. The zero-order chi connectivity index (χ0) is 13.7. The summed E-state index contributed by atoms with van der Waals surface area (Å²) in [6.07, 6.45) is -0.269. The smallest absolute Gasteiger partial charge is 0.311 e. The van der Waals surface area contributed by atoms with Gasteiger partial charge in [0, 0.05) is 18.0 Å². The molecule has 0 bridgehead atoms. The summed E-state index contributed by atoms with van der Waals surface area (Å²) >= 11 is 0. The molecule has 1 unspecified atom stereocenters. The number of hydrogen-bond acceptors (Lipinski definition) is 2. The Morgan fingerprint density at radius 3 is 2.44 bits per heavy atom. The van der Waals surface area contributed by atoms with E-state index in [0.29, 0.717) is 0 Å². The second-order valence-electron chi connectivity index (χ2n) is 4.34. The topological polar surface area (TPSA) is 66.4 Å². The third kappa shape index (κ3) is 3.84. The number of nitrogens with one attached hydrogen (secondary N) is 1. The minimum absolute atomic E-state index is 0.0314. The van der Waals surface area contributed by atoms with E-state index in [2.05, 4.69) is 5.32 Å². The average molecular weight is 253 g/mol. The van der Waals surface area contributed by atoms with E-state index < -0.39 is 23.6 Å². The highest BCUT2D eigenvalue weighted by molar-refractivity contribution is 5.85. The zero-order valence-electron chi connectivity index (χ0n) is 10.3. The molecule has 0 saturated heterocycles. The number of benzene rings is 1. The lowest BCUT2D eigenvalue weighted by Crippen LogP contribution is -2.32. The summed E-state index contributed by atoms with van der Waals surface area (Å²) in [6.45, 7) is 3.55. The Kier molecular flexibility index (Phi) is 4.83. The van der Waals surface area contributed by atoms with E-state index in [9.17, 15) is 14.0 Å². The van der Waals surface area contributed by atoms with Crippen LogP contribution >= 0.6 is 0 Å². The van der Waals surface area contributed by atoms with Crippen LogP contribution < -0.4 is 5.32 Å². The van der Waals surface area contributed by atoms with Crippen molar-refractivity contribution in [2.24, 2.45) is 0 Å². The van der Waals surface area contributed by atoms with Crippen molar-refractivity contribution >= 4 is 11.9 Å². The highest BCUT2D eigenvalue weighted by Crippen LogP contribution is 2.22. The molecule has 0 spiro atoms. The lowest BCUT2D eigenvalue weighted by Gasteiger charge is -2.14. The van der Waals surface area contributed by atoms with Crippen molar-refractivity contribution in [3.05, 3.63) is 35.6 Å². The van der Waals surface area contributed by atoms with Crippen LogP contribution in [0.5, 0.6) is 0 Å². The molecule has 4 nitrogen and oxygen atoms in total. The van der Waals surface area contributed by atoms with Crippen molar-refractivity contribution in [3.63, 3.8) is 0 Å². The van der Waals surface area contributed by atoms with Crippen molar-refractivity contribution in [2.75, 3.05) is 0 Å². The molecule has 98 valence electrons. The predicted octanol–water partition coefficient (Wildman–Crippen LogP) is 1.91. The number of halogens is 1. The van der Waals surface area contributed by atoms with Crippen LogP contribution in [0.25, 0.3) is 0 Å². The van der Waals surface area contributed by atoms with Gasteiger partial charge < -0.3 is 10.4 Å². The molecule has 5 heteroatoms. The molecule has 0 aromatic heterocycles. The van der Waals surface area contributed by atoms with Crippen LogP contribution in [0.4, 0.5) is 4.39 Å². The molecule has 2 N–H and O–H groups in total. The summed E-state index contributed by atoms with van der Waals surface area (Å²) in [7, 11) is 0. The molecule has 1 amide bonds. The first-order valence-corrected chi connectivity index (χ1v) is 5.68. The number of carbonyl (C=O) groups excluding carboxylic acids is 1. The molecule has 0 aliphatic rings. The Morgan fingerprint density at radius 2 is 1.94 bits per heavy atom. The summed E-state index contributed by atoms with van der Waals surface area (Å²) < 4.78 is 13.5. The maximum absolute atomic E-state index is 13.5. The van der Waals surface area contributed by atoms with Gasteiger partial charge in [-0.15, -0.1) is 0 Å². The van der Waals surface area contributed by atoms with Crippen LogP contribution in [-0.4, -0.2) is 23.0 Å². The second-order valence-corrected chi connectivity index (χ2v) is 4.34. The number of amides is 1. The molecule has 1 atom stereocenters. The number of carboxylic acids is 1. The Balaban J connectivity index is 2.88. The molecule has 0 heterocycles. The third-order valence-corrected chi connectivity index (χ3v) is 2.42. The number of carbonyl (C=O) groups is 2. The van der Waals surface area contributed by atoms with Gasteiger partial charge in [-0.05, 0) is 19.9 Å². The molecule has 18 heavy (non-hydrogen) atoms. The largest absolute Gasteiger partial charge is 0.481 e. The summed E-state index contributed by atoms with van der Waals surface area (Å²) in [4.78, 5) is 22.7. The van der Waals surface area contributed by atoms with Crippen LogP contribution in [0.1, 0.15) is 31.7 Å². The summed E-state index contributed by atoms with van der Waals surface area (Å²) in [5, 5.41) is 11.7. The first-order valence-electron chi connectivity index (χ1n) is 5.68. The summed E-state index contributed by atoms with van der Waals surface area (Å²) in [6, 6.07) is 5.52. The fourth-order valence-corrected chi connectivity index (χ4v) is 1.65. The van der Waals surface area contributed by atoms with E-state index in [0.717, 1.165) is 0 Å². The zero-order valence-corrected chi connectivity index (χ0v) is 10.3. The van der Waals surface area contributed by atoms with E-state index in [1.165, 1.54) is 18.2 Å². The second kappa shape index (κ2) is 6.14. The maximum Gasteiger partial charge on any atom is 0.311 e. The lowest BCUT2D eigenvalue weighted by molar-refractivity contribution is -0.141. The number of rotatable bonds is 5. The Morgan fingerprint density at radius 1 is 1.33 bits per heavy atom. The van der Waals surface area contributed by atoms with Crippen LogP contribution in [0.3, 0.4) is 0 Å². The summed E-state index contributed by atoms with van der Waals surface area (Å²) in [5.41, 5.74) is 0.0314. The first kappa shape index (κ1) is 14.2. The lowest BCUT2D eigenvalue weighted by atomic mass is 9.95. The van der Waals surface area contributed by atoms with Crippen molar-refractivity contribution in [1.82, 2.24) is 5.32 Å². The Labute approximate surface area is 105 Å². The van der Waals surface area contributed by atoms with Crippen LogP contribution in [0.15, 0.2) is 24.3 Å². The molecule has 0 radical (unpaired) electrons. The van der Waals surface area contributed by atoms with Gasteiger partial charge >= 0.3 is 5.97 Å². The van der Waals surface area contributed by atoms with Gasteiger partial charge in [-0.1, -0.05) is 18.2 Å². The van der Waals surface area contributed by atoms with Crippen LogP contribution in [0, 0.1) is 5.82 Å². The normalized spacial score (nSPS) is 12.2. The van der Waals surface area contributed by atoms with Gasteiger partial charge in [0.05, 0.1) is 5.92 Å². The van der Waals surface area contributed by atoms with Crippen molar-refractivity contribution < 1.29 is 19.1 Å². The minimum Gasteiger partial charge on any atom is -0.481 e. The monoisotopic (exact) mass is 253 g/mol. The molecule has 0 aliphatic heterocycles. The summed E-state index contributed by atoms with van der Waals surface area (Å²) in [5.74, 6) is -3.38. The highest BCUT2D eigenvalue weighted by Gasteiger charge is 2.25. The van der Waals surface area contributed by atoms with E-state index in [-0.39, 0.29) is 18.0 Å². The molecular weight excluding hydrogens is 237 g/mol. The number of carboxylic acid groups (broad SMARTS) is 1. The van der Waals surface area contributed by atoms with Gasteiger partial charge in [0.2, 0.25) is 5.91 Å². The van der Waals surface area contributed by atoms with E-state index in [1.54, 1.807) is 19.9 Å². The SMILES string of the molecule is CC(C)NC(=O)CC(C(=O)O)c1ccccc1F. The van der Waals surface area contributed by atoms with Gasteiger partial charge in [-0.2, -0.15) is 0 Å². The Hall–Kier alpha value is -1.91. The van der Waals surface area contributed by atoms with Crippen LogP contribution in [0.2, 0.25) is 0 Å². The number of hydrogen-bond donors (Lipinski definition) is 2. The quantitative estimate of drug-likeness (QED) is 0.842. The fraction of sp³-hybridized carbons (Fsp3) is 0.385. The minimum atomic E-state index is -1.21. The van der Waals surface area contributed by atoms with Crippen molar-refractivity contribution in [2.45, 2.75) is 32.2 Å². The van der Waals surface area contributed by atoms with Gasteiger partial charge in [0.25, 0.3) is 0 Å². The number of aliphatic carboxylic acids is 1. The molecule has 1 aromatic carbocycles. The maximum atomic E-state index is 13.5. The van der Waals surface area contributed by atoms with Crippen molar-refractivity contribution in [1.29, 1.82) is 0 Å². The molecule has 0 saturated carbocycles. The van der Waals surface area contributed by atoms with Gasteiger partial charge in [-0.3, -0.25) is 9.59 Å². The molecule has 0 fully saturated rings. The van der Waals surface area contributed by atoms with Gasteiger partial charge in [0.1, 0.15) is 5.82 Å². The molecule has 0 aliphatic carbocycles. The third-order valence-electron chi connectivity index (χ3n) is 2.42. The van der Waals surface area contributed by atoms with E-state index in [1.807, 2.05) is 0 Å². The van der Waals surface area contributed by atoms with Gasteiger partial charge in [-0.25, -0.2) is 4.39 Å². The standard InChI is InChI=1S/C13H16FNO3/c1-8(2)15-12(16)7-10(13(17)18)9-5-3-4-6-11(9)14/h3-6,8,10H,7H2,1-2H3,(H,15,16)(H,17,18).